The third-order valence-electron chi connectivity index (χ3n) is 4.22. The Morgan fingerprint density at radius 1 is 0.864 bits per heavy atom. The van der Waals surface area contributed by atoms with Crippen molar-refractivity contribution >= 4 is 49.1 Å². The Morgan fingerprint density at radius 3 is 1.86 bits per heavy atom. The molecule has 3 rings (SSSR count). The van der Waals surface area contributed by atoms with Gasteiger partial charge in [-0.2, -0.15) is 0 Å². The van der Waals surface area contributed by atoms with Crippen molar-refractivity contribution in [2.75, 3.05) is 32.1 Å². The Bertz CT molecular complexity index is 562. The summed E-state index contributed by atoms with van der Waals surface area (Å²) in [6.07, 6.45) is 3.45. The van der Waals surface area contributed by atoms with Crippen molar-refractivity contribution in [3.63, 3.8) is 0 Å². The molecule has 0 bridgehead atoms. The monoisotopic (exact) mass is 322 g/mol. The molecule has 0 saturated carbocycles. The molecule has 0 spiro atoms. The standard InChI is InChI=1S/C19H24N2.Ca.2H/c1-20(2)14-7-15-21-18-10-5-3-8-16(18)12-13-17-9-4-6-11-19(17)21;;;/h3-6,8-11H,7,12-15H2,1-2H3;;;. The molecule has 0 atom stereocenters. The molecule has 1 aliphatic heterocycles. The molecule has 22 heavy (non-hydrogen) atoms. The van der Waals surface area contributed by atoms with E-state index < -0.39 is 0 Å². The SMILES string of the molecule is CN(C)CCCN1c2ccccc2CCc2ccccc21.[CaH2]. The molecule has 114 valence electrons. The second-order valence-electron chi connectivity index (χ2n) is 6.07. The van der Waals surface area contributed by atoms with Gasteiger partial charge in [-0.15, -0.1) is 0 Å². The van der Waals surface area contributed by atoms with Crippen LogP contribution >= 0.6 is 0 Å². The van der Waals surface area contributed by atoms with E-state index in [4.69, 9.17) is 0 Å². The van der Waals surface area contributed by atoms with Crippen LogP contribution in [0.4, 0.5) is 11.4 Å². The van der Waals surface area contributed by atoms with Crippen LogP contribution < -0.4 is 4.90 Å². The van der Waals surface area contributed by atoms with Gasteiger partial charge in [0.2, 0.25) is 0 Å². The van der Waals surface area contributed by atoms with Crippen molar-refractivity contribution < 1.29 is 0 Å². The molecule has 1 heterocycles. The van der Waals surface area contributed by atoms with Gasteiger partial charge in [-0.1, -0.05) is 36.4 Å². The summed E-state index contributed by atoms with van der Waals surface area (Å²) in [7, 11) is 4.29. The number of para-hydroxylation sites is 2. The van der Waals surface area contributed by atoms with E-state index in [0.29, 0.717) is 0 Å². The molecule has 2 nitrogen and oxygen atoms in total. The molecule has 0 radical (unpaired) electrons. The molecule has 2 aromatic rings. The predicted molar refractivity (Wildman–Crippen MR) is 99.0 cm³/mol. The van der Waals surface area contributed by atoms with Gasteiger partial charge in [0, 0.05) is 17.9 Å². The van der Waals surface area contributed by atoms with Crippen LogP contribution in [0.25, 0.3) is 0 Å². The summed E-state index contributed by atoms with van der Waals surface area (Å²) < 4.78 is 0. The summed E-state index contributed by atoms with van der Waals surface area (Å²) in [6, 6.07) is 17.7. The van der Waals surface area contributed by atoms with Gasteiger partial charge in [0.15, 0.2) is 0 Å². The van der Waals surface area contributed by atoms with Crippen LogP contribution in [-0.2, 0) is 12.8 Å². The topological polar surface area (TPSA) is 6.48 Å². The summed E-state index contributed by atoms with van der Waals surface area (Å²) in [5, 5.41) is 0. The van der Waals surface area contributed by atoms with E-state index in [9.17, 15) is 0 Å². The molecular weight excluding hydrogens is 296 g/mol. The Kier molecular flexibility index (Phi) is 6.76. The maximum atomic E-state index is 2.52. The van der Waals surface area contributed by atoms with E-state index in [1.807, 2.05) is 0 Å². The van der Waals surface area contributed by atoms with Gasteiger partial charge < -0.3 is 9.80 Å². The van der Waals surface area contributed by atoms with E-state index in [0.717, 1.165) is 25.9 Å². The van der Waals surface area contributed by atoms with Crippen molar-refractivity contribution in [1.29, 1.82) is 0 Å². The van der Waals surface area contributed by atoms with Crippen LogP contribution in [0.3, 0.4) is 0 Å². The third-order valence-corrected chi connectivity index (χ3v) is 4.22. The fraction of sp³-hybridized carbons (Fsp3) is 0.368. The second kappa shape index (κ2) is 8.35. The van der Waals surface area contributed by atoms with Gasteiger partial charge in [0.05, 0.1) is 0 Å². The van der Waals surface area contributed by atoms with E-state index in [1.165, 1.54) is 28.9 Å². The average molecular weight is 323 g/mol. The minimum atomic E-state index is 0. The molecule has 0 unspecified atom stereocenters. The quantitative estimate of drug-likeness (QED) is 0.799. The van der Waals surface area contributed by atoms with E-state index in [2.05, 4.69) is 72.4 Å². The zero-order valence-electron chi connectivity index (χ0n) is 13.0. The molecule has 2 aromatic carbocycles. The van der Waals surface area contributed by atoms with Gasteiger partial charge >= 0.3 is 37.7 Å². The van der Waals surface area contributed by atoms with Crippen molar-refractivity contribution in [1.82, 2.24) is 4.90 Å². The van der Waals surface area contributed by atoms with Gasteiger partial charge in [0.1, 0.15) is 0 Å². The molecule has 3 heteroatoms. The number of anilines is 2. The fourth-order valence-electron chi connectivity index (χ4n) is 3.16. The van der Waals surface area contributed by atoms with Crippen molar-refractivity contribution in [3.05, 3.63) is 59.7 Å². The normalized spacial score (nSPS) is 13.1. The van der Waals surface area contributed by atoms with Crippen LogP contribution in [-0.4, -0.2) is 69.8 Å². The zero-order chi connectivity index (χ0) is 14.7. The molecule has 0 fully saturated rings. The summed E-state index contributed by atoms with van der Waals surface area (Å²) in [4.78, 5) is 4.77. The van der Waals surface area contributed by atoms with Crippen LogP contribution in [0.1, 0.15) is 17.5 Å². The molecule has 0 saturated heterocycles. The van der Waals surface area contributed by atoms with Gasteiger partial charge in [-0.3, -0.25) is 0 Å². The van der Waals surface area contributed by atoms with E-state index in [-0.39, 0.29) is 37.7 Å². The average Bonchev–Trinajstić information content (AvgIpc) is 2.65. The number of nitrogens with zero attached hydrogens (tertiary/aromatic N) is 2. The first kappa shape index (κ1) is 17.8. The van der Waals surface area contributed by atoms with Crippen LogP contribution in [0.15, 0.2) is 48.5 Å². The number of hydrogen-bond acceptors (Lipinski definition) is 2. The molecule has 1 aliphatic rings. The Hall–Kier alpha value is -0.540. The zero-order valence-corrected chi connectivity index (χ0v) is 13.0. The maximum absolute atomic E-state index is 2.52. The molecule has 0 N–H and O–H groups in total. The van der Waals surface area contributed by atoms with Crippen molar-refractivity contribution in [2.45, 2.75) is 19.3 Å². The Balaban J connectivity index is 0.00000176. The van der Waals surface area contributed by atoms with Crippen LogP contribution in [0, 0.1) is 0 Å². The first-order chi connectivity index (χ1) is 10.3. The first-order valence-electron chi connectivity index (χ1n) is 7.84. The van der Waals surface area contributed by atoms with Gasteiger partial charge in [-0.05, 0) is 63.2 Å². The van der Waals surface area contributed by atoms with E-state index in [1.54, 1.807) is 0 Å². The van der Waals surface area contributed by atoms with Crippen molar-refractivity contribution in [3.8, 4) is 0 Å². The number of fused-ring (bicyclic) bond motifs is 2. The van der Waals surface area contributed by atoms with Gasteiger partial charge in [-0.25, -0.2) is 0 Å². The summed E-state index contributed by atoms with van der Waals surface area (Å²) >= 11 is 0. The third kappa shape index (κ3) is 4.05. The number of benzene rings is 2. The van der Waals surface area contributed by atoms with Crippen LogP contribution in [0.2, 0.25) is 0 Å². The molecule has 0 amide bonds. The second-order valence-corrected chi connectivity index (χ2v) is 6.07. The van der Waals surface area contributed by atoms with Crippen molar-refractivity contribution in [2.24, 2.45) is 0 Å². The van der Waals surface area contributed by atoms with Crippen LogP contribution in [0.5, 0.6) is 0 Å². The summed E-state index contributed by atoms with van der Waals surface area (Å²) in [5.74, 6) is 0. The Morgan fingerprint density at radius 2 is 1.36 bits per heavy atom. The molecular formula is C19H26CaN2. The summed E-state index contributed by atoms with van der Waals surface area (Å²) in [6.45, 7) is 2.20. The molecule has 0 aliphatic carbocycles. The Labute approximate surface area is 164 Å². The summed E-state index contributed by atoms with van der Waals surface area (Å²) in [5.41, 5.74) is 5.72. The molecule has 0 aromatic heterocycles. The predicted octanol–water partition coefficient (Wildman–Crippen LogP) is 2.96. The first-order valence-corrected chi connectivity index (χ1v) is 7.84. The minimum absolute atomic E-state index is 0. The number of hydrogen-bond donors (Lipinski definition) is 0. The van der Waals surface area contributed by atoms with Gasteiger partial charge in [0.25, 0.3) is 0 Å². The number of rotatable bonds is 4. The van der Waals surface area contributed by atoms with E-state index >= 15 is 0 Å². The number of aryl methyl sites for hydroxylation is 2. The fourth-order valence-corrected chi connectivity index (χ4v) is 3.16.